The van der Waals surface area contributed by atoms with E-state index in [2.05, 4.69) is 14.5 Å². The molecule has 0 aliphatic carbocycles. The van der Waals surface area contributed by atoms with Crippen LogP contribution in [0.25, 0.3) is 0 Å². The Balaban J connectivity index is 3.39. The molecule has 9 heteroatoms. The molecule has 1 aromatic rings. The van der Waals surface area contributed by atoms with Crippen molar-refractivity contribution >= 4 is 5.97 Å². The summed E-state index contributed by atoms with van der Waals surface area (Å²) in [6, 6.07) is 0. The molecule has 0 atom stereocenters. The van der Waals surface area contributed by atoms with Gasteiger partial charge in [-0.2, -0.15) is 0 Å². The van der Waals surface area contributed by atoms with E-state index in [-0.39, 0.29) is 12.3 Å². The second kappa shape index (κ2) is 6.40. The van der Waals surface area contributed by atoms with E-state index >= 15 is 0 Å². The molecule has 0 amide bonds. The molecule has 1 heterocycles. The minimum Gasteiger partial charge on any atom is -0.494 e. The Morgan fingerprint density at radius 1 is 1.40 bits per heavy atom. The van der Waals surface area contributed by atoms with Crippen molar-refractivity contribution in [1.82, 2.24) is 4.98 Å². The van der Waals surface area contributed by atoms with Crippen molar-refractivity contribution in [1.29, 1.82) is 0 Å². The number of ether oxygens (including phenoxy) is 3. The van der Waals surface area contributed by atoms with Crippen LogP contribution in [0, 0.1) is 0 Å². The Bertz CT molecular complexity index is 490. The summed E-state index contributed by atoms with van der Waals surface area (Å²) in [6.07, 6.45) is -4.44. The zero-order chi connectivity index (χ0) is 15.3. The van der Waals surface area contributed by atoms with E-state index in [1.807, 2.05) is 0 Å². The summed E-state index contributed by atoms with van der Waals surface area (Å²) in [6.45, 7) is 0.258. The number of carbonyl (C=O) groups is 1. The van der Waals surface area contributed by atoms with E-state index < -0.39 is 36.1 Å². The average molecular weight is 297 g/mol. The van der Waals surface area contributed by atoms with Crippen LogP contribution in [-0.2, 0) is 11.4 Å². The quantitative estimate of drug-likeness (QED) is 0.617. The zero-order valence-electron chi connectivity index (χ0n) is 10.6. The van der Waals surface area contributed by atoms with Crippen LogP contribution in [0.1, 0.15) is 23.0 Å². The molecule has 1 rings (SSSR count). The minimum atomic E-state index is -5.04. The molecule has 0 bridgehead atoms. The lowest BCUT2D eigenvalue weighted by Gasteiger charge is -2.16. The number of rotatable bonds is 5. The van der Waals surface area contributed by atoms with Crippen LogP contribution in [0.2, 0.25) is 0 Å². The summed E-state index contributed by atoms with van der Waals surface area (Å²) in [7, 11) is 1.07. The Labute approximate surface area is 111 Å². The van der Waals surface area contributed by atoms with Crippen molar-refractivity contribution in [2.45, 2.75) is 20.0 Å². The number of aromatic nitrogens is 1. The summed E-state index contributed by atoms with van der Waals surface area (Å²) in [5.74, 6) is -2.49. The fraction of sp³-hybridized carbons (Fsp3) is 0.455. The summed E-state index contributed by atoms with van der Waals surface area (Å²) < 4.78 is 62.6. The van der Waals surface area contributed by atoms with Gasteiger partial charge in [0, 0.05) is 0 Å². The maximum atomic E-state index is 12.7. The molecule has 0 N–H and O–H groups in total. The number of alkyl halides is 4. The van der Waals surface area contributed by atoms with Gasteiger partial charge in [-0.15, -0.1) is 13.2 Å². The van der Waals surface area contributed by atoms with Crippen molar-refractivity contribution in [3.05, 3.63) is 17.5 Å². The molecular formula is C11H11F4NO4. The number of nitrogens with zero attached hydrogens (tertiary/aromatic N) is 1. The molecule has 0 saturated heterocycles. The van der Waals surface area contributed by atoms with Crippen molar-refractivity contribution in [3.63, 3.8) is 0 Å². The largest absolute Gasteiger partial charge is 0.573 e. The van der Waals surface area contributed by atoms with Crippen LogP contribution in [-0.4, -0.2) is 31.0 Å². The third kappa shape index (κ3) is 3.72. The van der Waals surface area contributed by atoms with E-state index in [9.17, 15) is 22.4 Å². The van der Waals surface area contributed by atoms with Gasteiger partial charge in [0.05, 0.1) is 19.9 Å². The molecule has 0 fully saturated rings. The van der Waals surface area contributed by atoms with Gasteiger partial charge >= 0.3 is 12.3 Å². The van der Waals surface area contributed by atoms with Crippen molar-refractivity contribution in [2.24, 2.45) is 0 Å². The first-order chi connectivity index (χ1) is 9.34. The number of hydrogen-bond donors (Lipinski definition) is 0. The molecule has 0 aliphatic heterocycles. The van der Waals surface area contributed by atoms with Crippen LogP contribution >= 0.6 is 0 Å². The molecule has 0 saturated carbocycles. The highest BCUT2D eigenvalue weighted by Gasteiger charge is 2.35. The van der Waals surface area contributed by atoms with E-state index in [4.69, 9.17) is 4.74 Å². The second-order valence-electron chi connectivity index (χ2n) is 3.38. The smallest absolute Gasteiger partial charge is 0.494 e. The molecule has 1 aromatic heterocycles. The highest BCUT2D eigenvalue weighted by molar-refractivity contribution is 5.95. The average Bonchev–Trinajstić information content (AvgIpc) is 2.36. The summed E-state index contributed by atoms with van der Waals surface area (Å²) >= 11 is 0. The van der Waals surface area contributed by atoms with Crippen LogP contribution in [0.5, 0.6) is 11.5 Å². The highest BCUT2D eigenvalue weighted by atomic mass is 19.4. The van der Waals surface area contributed by atoms with Gasteiger partial charge in [-0.1, -0.05) is 0 Å². The molecule has 0 unspecified atom stereocenters. The van der Waals surface area contributed by atoms with Gasteiger partial charge in [-0.05, 0) is 6.92 Å². The third-order valence-corrected chi connectivity index (χ3v) is 2.11. The van der Waals surface area contributed by atoms with Gasteiger partial charge in [0.25, 0.3) is 0 Å². The first kappa shape index (κ1) is 16.0. The van der Waals surface area contributed by atoms with Crippen LogP contribution < -0.4 is 9.47 Å². The van der Waals surface area contributed by atoms with Crippen molar-refractivity contribution < 1.29 is 36.6 Å². The first-order valence-corrected chi connectivity index (χ1v) is 5.38. The van der Waals surface area contributed by atoms with Gasteiger partial charge in [-0.3, -0.25) is 4.98 Å². The van der Waals surface area contributed by atoms with Gasteiger partial charge in [0.15, 0.2) is 11.5 Å². The van der Waals surface area contributed by atoms with E-state index in [0.717, 1.165) is 7.11 Å². The molecule has 0 aromatic carbocycles. The fourth-order valence-corrected chi connectivity index (χ4v) is 1.43. The second-order valence-corrected chi connectivity index (χ2v) is 3.38. The molecule has 0 aliphatic rings. The van der Waals surface area contributed by atoms with Gasteiger partial charge in [0.1, 0.15) is 17.9 Å². The number of pyridine rings is 1. The lowest BCUT2D eigenvalue weighted by molar-refractivity contribution is -0.274. The first-order valence-electron chi connectivity index (χ1n) is 5.38. The standard InChI is InChI=1S/C11H11F4NO4/c1-3-19-10(17)8-7(20-11(13,14)15)5-16-6(4-12)9(8)18-2/h5H,3-4H2,1-2H3. The SMILES string of the molecule is CCOC(=O)c1c(OC(F)(F)F)cnc(CF)c1OC. The van der Waals surface area contributed by atoms with Crippen LogP contribution in [0.4, 0.5) is 17.6 Å². The number of methoxy groups -OCH3 is 1. The Morgan fingerprint density at radius 2 is 2.05 bits per heavy atom. The third-order valence-electron chi connectivity index (χ3n) is 2.11. The van der Waals surface area contributed by atoms with Crippen molar-refractivity contribution in [3.8, 4) is 11.5 Å². The van der Waals surface area contributed by atoms with E-state index in [1.54, 1.807) is 0 Å². The van der Waals surface area contributed by atoms with Crippen molar-refractivity contribution in [2.75, 3.05) is 13.7 Å². The molecular weight excluding hydrogens is 286 g/mol. The lowest BCUT2D eigenvalue weighted by atomic mass is 10.2. The molecule has 0 radical (unpaired) electrons. The number of carbonyl (C=O) groups excluding carboxylic acids is 1. The Hall–Kier alpha value is -2.06. The monoisotopic (exact) mass is 297 g/mol. The summed E-state index contributed by atoms with van der Waals surface area (Å²) in [5, 5.41) is 0. The maximum Gasteiger partial charge on any atom is 0.573 e. The molecule has 20 heavy (non-hydrogen) atoms. The Kier molecular flexibility index (Phi) is 5.12. The topological polar surface area (TPSA) is 57.7 Å². The molecule has 112 valence electrons. The predicted octanol–water partition coefficient (Wildman–Crippen LogP) is 2.64. The number of hydrogen-bond acceptors (Lipinski definition) is 5. The highest BCUT2D eigenvalue weighted by Crippen LogP contribution is 2.34. The maximum absolute atomic E-state index is 12.7. The normalized spacial score (nSPS) is 11.1. The van der Waals surface area contributed by atoms with Crippen LogP contribution in [0.15, 0.2) is 6.20 Å². The van der Waals surface area contributed by atoms with E-state index in [0.29, 0.717) is 6.20 Å². The minimum absolute atomic E-state index is 0.0826. The Morgan fingerprint density at radius 3 is 2.50 bits per heavy atom. The lowest BCUT2D eigenvalue weighted by Crippen LogP contribution is -2.21. The van der Waals surface area contributed by atoms with Gasteiger partial charge in [0.2, 0.25) is 0 Å². The molecule has 0 spiro atoms. The number of esters is 1. The van der Waals surface area contributed by atoms with E-state index in [1.165, 1.54) is 6.92 Å². The van der Waals surface area contributed by atoms with Crippen LogP contribution in [0.3, 0.4) is 0 Å². The summed E-state index contributed by atoms with van der Waals surface area (Å²) in [4.78, 5) is 15.1. The van der Waals surface area contributed by atoms with Gasteiger partial charge < -0.3 is 14.2 Å². The zero-order valence-corrected chi connectivity index (χ0v) is 10.6. The predicted molar refractivity (Wildman–Crippen MR) is 58.2 cm³/mol. The number of halogens is 4. The molecule has 5 nitrogen and oxygen atoms in total. The fourth-order valence-electron chi connectivity index (χ4n) is 1.43. The summed E-state index contributed by atoms with van der Waals surface area (Å²) in [5.41, 5.74) is -0.987. The van der Waals surface area contributed by atoms with Gasteiger partial charge in [-0.25, -0.2) is 9.18 Å².